The highest BCUT2D eigenvalue weighted by Crippen LogP contribution is 2.10. The number of unbranched alkanes of at least 4 members (excludes halogenated alkanes) is 3. The van der Waals surface area contributed by atoms with Crippen molar-refractivity contribution in [1.29, 1.82) is 0 Å². The van der Waals surface area contributed by atoms with Crippen molar-refractivity contribution in [1.82, 2.24) is 0 Å². The Labute approximate surface area is 97.3 Å². The van der Waals surface area contributed by atoms with Crippen molar-refractivity contribution in [2.24, 2.45) is 0 Å². The fourth-order valence-electron chi connectivity index (χ4n) is 1.71. The van der Waals surface area contributed by atoms with E-state index in [0.717, 1.165) is 38.5 Å². The SMILES string of the molecule is [CH2]C(O)CCCCCCc1ccc(F)cc1. The summed E-state index contributed by atoms with van der Waals surface area (Å²) in [6, 6.07) is 6.70. The highest BCUT2D eigenvalue weighted by molar-refractivity contribution is 5.15. The van der Waals surface area contributed by atoms with Gasteiger partial charge in [0.25, 0.3) is 0 Å². The number of aliphatic hydroxyl groups is 1. The van der Waals surface area contributed by atoms with Crippen LogP contribution < -0.4 is 0 Å². The van der Waals surface area contributed by atoms with Gasteiger partial charge in [-0.15, -0.1) is 0 Å². The van der Waals surface area contributed by atoms with Crippen molar-refractivity contribution in [2.75, 3.05) is 0 Å². The standard InChI is InChI=1S/C14H20FO/c1-12(16)6-4-2-3-5-7-13-8-10-14(15)11-9-13/h8-12,16H,1-7H2. The van der Waals surface area contributed by atoms with Gasteiger partial charge in [0.15, 0.2) is 0 Å². The Morgan fingerprint density at radius 3 is 2.31 bits per heavy atom. The molecular weight excluding hydrogens is 203 g/mol. The fraction of sp³-hybridized carbons (Fsp3) is 0.500. The van der Waals surface area contributed by atoms with Crippen molar-refractivity contribution in [2.45, 2.75) is 44.6 Å². The molecule has 16 heavy (non-hydrogen) atoms. The second kappa shape index (κ2) is 7.39. The quantitative estimate of drug-likeness (QED) is 0.701. The summed E-state index contributed by atoms with van der Waals surface area (Å²) >= 11 is 0. The predicted molar refractivity (Wildman–Crippen MR) is 64.6 cm³/mol. The third kappa shape index (κ3) is 5.86. The van der Waals surface area contributed by atoms with E-state index in [1.807, 2.05) is 12.1 Å². The lowest BCUT2D eigenvalue weighted by molar-refractivity contribution is 0.205. The molecule has 0 saturated carbocycles. The molecule has 1 aromatic rings. The third-order valence-corrected chi connectivity index (χ3v) is 2.67. The van der Waals surface area contributed by atoms with E-state index in [2.05, 4.69) is 6.92 Å². The molecule has 0 spiro atoms. The first kappa shape index (κ1) is 13.2. The zero-order valence-electron chi connectivity index (χ0n) is 9.66. The van der Waals surface area contributed by atoms with E-state index in [0.29, 0.717) is 0 Å². The van der Waals surface area contributed by atoms with Crippen LogP contribution in [-0.2, 0) is 6.42 Å². The zero-order chi connectivity index (χ0) is 11.8. The van der Waals surface area contributed by atoms with Gasteiger partial charge in [-0.2, -0.15) is 0 Å². The van der Waals surface area contributed by atoms with Crippen LogP contribution in [0.2, 0.25) is 0 Å². The van der Waals surface area contributed by atoms with Gasteiger partial charge in [-0.05, 0) is 43.9 Å². The van der Waals surface area contributed by atoms with Crippen molar-refractivity contribution in [3.05, 3.63) is 42.6 Å². The number of hydrogen-bond acceptors (Lipinski definition) is 1. The molecule has 0 aliphatic carbocycles. The summed E-state index contributed by atoms with van der Waals surface area (Å²) in [6.45, 7) is 3.53. The second-order valence-electron chi connectivity index (χ2n) is 4.23. The number of benzene rings is 1. The number of rotatable bonds is 7. The topological polar surface area (TPSA) is 20.2 Å². The Morgan fingerprint density at radius 2 is 1.69 bits per heavy atom. The molecule has 89 valence electrons. The van der Waals surface area contributed by atoms with E-state index < -0.39 is 6.10 Å². The van der Waals surface area contributed by atoms with Crippen LogP contribution in [0.5, 0.6) is 0 Å². The third-order valence-electron chi connectivity index (χ3n) is 2.67. The summed E-state index contributed by atoms with van der Waals surface area (Å²) in [5.41, 5.74) is 1.19. The van der Waals surface area contributed by atoms with Gasteiger partial charge in [0, 0.05) is 0 Å². The van der Waals surface area contributed by atoms with E-state index in [4.69, 9.17) is 5.11 Å². The van der Waals surface area contributed by atoms with Crippen LogP contribution in [0.1, 0.15) is 37.7 Å². The van der Waals surface area contributed by atoms with E-state index in [9.17, 15) is 4.39 Å². The van der Waals surface area contributed by atoms with E-state index in [-0.39, 0.29) is 5.82 Å². The Morgan fingerprint density at radius 1 is 1.06 bits per heavy atom. The van der Waals surface area contributed by atoms with Crippen LogP contribution in [0.3, 0.4) is 0 Å². The van der Waals surface area contributed by atoms with E-state index in [1.165, 1.54) is 17.7 Å². The molecule has 1 radical (unpaired) electrons. The lowest BCUT2D eigenvalue weighted by atomic mass is 10.0. The molecule has 0 bridgehead atoms. The Balaban J connectivity index is 2.05. The Kier molecular flexibility index (Phi) is 6.09. The Bertz CT molecular complexity index is 279. The van der Waals surface area contributed by atoms with Crippen molar-refractivity contribution < 1.29 is 9.50 Å². The first-order valence-corrected chi connectivity index (χ1v) is 5.94. The van der Waals surface area contributed by atoms with Gasteiger partial charge in [-0.25, -0.2) is 4.39 Å². The van der Waals surface area contributed by atoms with Crippen LogP contribution in [0.25, 0.3) is 0 Å². The maximum Gasteiger partial charge on any atom is 0.123 e. The first-order chi connectivity index (χ1) is 7.68. The lowest BCUT2D eigenvalue weighted by Gasteiger charge is -2.04. The number of aliphatic hydroxyl groups excluding tert-OH is 1. The maximum absolute atomic E-state index is 12.6. The summed E-state index contributed by atoms with van der Waals surface area (Å²) in [7, 11) is 0. The van der Waals surface area contributed by atoms with Gasteiger partial charge in [-0.1, -0.05) is 31.4 Å². The largest absolute Gasteiger partial charge is 0.393 e. The molecule has 1 atom stereocenters. The molecule has 1 nitrogen and oxygen atoms in total. The molecule has 1 unspecified atom stereocenters. The molecule has 1 N–H and O–H groups in total. The van der Waals surface area contributed by atoms with Gasteiger partial charge in [0.1, 0.15) is 5.82 Å². The van der Waals surface area contributed by atoms with Crippen LogP contribution in [0.15, 0.2) is 24.3 Å². The zero-order valence-corrected chi connectivity index (χ0v) is 9.66. The van der Waals surface area contributed by atoms with Crippen LogP contribution in [0, 0.1) is 12.7 Å². The van der Waals surface area contributed by atoms with Gasteiger partial charge in [0.05, 0.1) is 6.10 Å². The molecule has 0 amide bonds. The summed E-state index contributed by atoms with van der Waals surface area (Å²) in [5, 5.41) is 8.97. The molecular formula is C14H20FO. The summed E-state index contributed by atoms with van der Waals surface area (Å²) in [4.78, 5) is 0. The lowest BCUT2D eigenvalue weighted by Crippen LogP contribution is -1.98. The average Bonchev–Trinajstić information content (AvgIpc) is 2.25. The smallest absolute Gasteiger partial charge is 0.123 e. The van der Waals surface area contributed by atoms with Crippen LogP contribution in [-0.4, -0.2) is 11.2 Å². The molecule has 1 rings (SSSR count). The fourth-order valence-corrected chi connectivity index (χ4v) is 1.71. The molecule has 0 heterocycles. The summed E-state index contributed by atoms with van der Waals surface area (Å²) in [5.74, 6) is -0.173. The van der Waals surface area contributed by atoms with Gasteiger partial charge < -0.3 is 5.11 Å². The van der Waals surface area contributed by atoms with Gasteiger partial charge in [0.2, 0.25) is 0 Å². The molecule has 0 fully saturated rings. The summed E-state index contributed by atoms with van der Waals surface area (Å²) in [6.07, 6.45) is 5.83. The number of aryl methyl sites for hydroxylation is 1. The number of hydrogen-bond donors (Lipinski definition) is 1. The molecule has 2 heteroatoms. The molecule has 0 aliphatic heterocycles. The monoisotopic (exact) mass is 223 g/mol. The second-order valence-corrected chi connectivity index (χ2v) is 4.23. The molecule has 0 aliphatic rings. The van der Waals surface area contributed by atoms with Gasteiger partial charge in [-0.3, -0.25) is 0 Å². The summed E-state index contributed by atoms with van der Waals surface area (Å²) < 4.78 is 12.6. The highest BCUT2D eigenvalue weighted by atomic mass is 19.1. The minimum atomic E-state index is -0.419. The molecule has 0 saturated heterocycles. The van der Waals surface area contributed by atoms with Crippen molar-refractivity contribution >= 4 is 0 Å². The van der Waals surface area contributed by atoms with Crippen molar-refractivity contribution in [3.8, 4) is 0 Å². The Hall–Kier alpha value is -0.890. The average molecular weight is 223 g/mol. The van der Waals surface area contributed by atoms with Crippen molar-refractivity contribution in [3.63, 3.8) is 0 Å². The maximum atomic E-state index is 12.6. The van der Waals surface area contributed by atoms with E-state index >= 15 is 0 Å². The van der Waals surface area contributed by atoms with Crippen LogP contribution in [0.4, 0.5) is 4.39 Å². The molecule has 1 aromatic carbocycles. The predicted octanol–water partition coefficient (Wildman–Crippen LogP) is 3.51. The normalized spacial score (nSPS) is 12.7. The van der Waals surface area contributed by atoms with Gasteiger partial charge >= 0.3 is 0 Å². The molecule has 0 aromatic heterocycles. The van der Waals surface area contributed by atoms with Crippen LogP contribution >= 0.6 is 0 Å². The minimum absolute atomic E-state index is 0.173. The minimum Gasteiger partial charge on any atom is -0.393 e. The first-order valence-electron chi connectivity index (χ1n) is 5.94. The van der Waals surface area contributed by atoms with E-state index in [1.54, 1.807) is 0 Å². The highest BCUT2D eigenvalue weighted by Gasteiger charge is 1.97. The number of halogens is 1.